The lowest BCUT2D eigenvalue weighted by Crippen LogP contribution is -2.27. The third kappa shape index (κ3) is 3.91. The van der Waals surface area contributed by atoms with Crippen LogP contribution in [0.4, 0.5) is 5.69 Å². The molecule has 118 valence electrons. The van der Waals surface area contributed by atoms with Crippen LogP contribution in [0, 0.1) is 10.1 Å². The Balaban J connectivity index is 1.55. The van der Waals surface area contributed by atoms with Crippen molar-refractivity contribution < 1.29 is 19.1 Å². The number of hydrogen-bond acceptors (Lipinski definition) is 5. The molecule has 0 amide bonds. The van der Waals surface area contributed by atoms with Gasteiger partial charge < -0.3 is 14.2 Å². The third-order valence-corrected chi connectivity index (χ3v) is 3.80. The van der Waals surface area contributed by atoms with Crippen LogP contribution in [0.25, 0.3) is 6.08 Å². The number of nitro benzene ring substituents is 1. The van der Waals surface area contributed by atoms with Crippen molar-refractivity contribution in [2.75, 3.05) is 13.2 Å². The van der Waals surface area contributed by atoms with Crippen LogP contribution in [0.5, 0.6) is 0 Å². The Hall–Kier alpha value is -1.76. The third-order valence-electron chi connectivity index (χ3n) is 3.80. The van der Waals surface area contributed by atoms with Gasteiger partial charge in [0.25, 0.3) is 5.69 Å². The minimum atomic E-state index is -0.399. The molecule has 6 nitrogen and oxygen atoms in total. The summed E-state index contributed by atoms with van der Waals surface area (Å²) in [5.74, 6) is 0. The van der Waals surface area contributed by atoms with Gasteiger partial charge in [-0.15, -0.1) is 0 Å². The quantitative estimate of drug-likeness (QED) is 0.630. The minimum Gasteiger partial charge on any atom is -0.353 e. The second-order valence-electron chi connectivity index (χ2n) is 5.53. The first-order valence-corrected chi connectivity index (χ1v) is 7.53. The molecule has 0 spiro atoms. The summed E-state index contributed by atoms with van der Waals surface area (Å²) in [5, 5.41) is 10.6. The van der Waals surface area contributed by atoms with Gasteiger partial charge in [-0.05, 0) is 42.5 Å². The second kappa shape index (κ2) is 7.00. The van der Waals surface area contributed by atoms with Gasteiger partial charge in [-0.25, -0.2) is 0 Å². The zero-order valence-electron chi connectivity index (χ0n) is 12.3. The Morgan fingerprint density at radius 3 is 2.68 bits per heavy atom. The highest BCUT2D eigenvalue weighted by Gasteiger charge is 2.25. The van der Waals surface area contributed by atoms with Gasteiger partial charge >= 0.3 is 0 Å². The topological polar surface area (TPSA) is 70.8 Å². The number of non-ortho nitro benzene ring substituents is 1. The van der Waals surface area contributed by atoms with Gasteiger partial charge in [0.15, 0.2) is 12.6 Å². The summed E-state index contributed by atoms with van der Waals surface area (Å²) in [5.41, 5.74) is 2.15. The number of nitrogens with zero attached hydrogens (tertiary/aromatic N) is 1. The van der Waals surface area contributed by atoms with Crippen molar-refractivity contribution in [1.29, 1.82) is 0 Å². The molecule has 0 aliphatic carbocycles. The van der Waals surface area contributed by atoms with E-state index in [4.69, 9.17) is 14.2 Å². The minimum absolute atomic E-state index is 0.0977. The molecule has 1 aromatic rings. The highest BCUT2D eigenvalue weighted by Crippen LogP contribution is 2.26. The fraction of sp³-hybridized carbons (Fsp3) is 0.500. The van der Waals surface area contributed by atoms with E-state index < -0.39 is 4.92 Å². The van der Waals surface area contributed by atoms with Gasteiger partial charge in [-0.2, -0.15) is 0 Å². The van der Waals surface area contributed by atoms with E-state index in [1.165, 1.54) is 12.1 Å². The predicted octanol–water partition coefficient (Wildman–Crippen LogP) is 3.27. The molecular formula is C16H19NO5. The molecule has 6 heteroatoms. The maximum absolute atomic E-state index is 10.6. The molecule has 3 rings (SSSR count). The molecule has 0 radical (unpaired) electrons. The molecule has 2 fully saturated rings. The van der Waals surface area contributed by atoms with Crippen LogP contribution in [0.1, 0.15) is 31.2 Å². The molecule has 2 aliphatic rings. The number of rotatable bonds is 4. The first-order chi connectivity index (χ1) is 10.7. The summed E-state index contributed by atoms with van der Waals surface area (Å²) in [6, 6.07) is 6.49. The Bertz CT molecular complexity index is 548. The molecular weight excluding hydrogens is 286 g/mol. The van der Waals surface area contributed by atoms with Crippen LogP contribution in [0.15, 0.2) is 29.8 Å². The van der Waals surface area contributed by atoms with E-state index in [0.717, 1.165) is 37.0 Å². The first-order valence-electron chi connectivity index (χ1n) is 7.53. The van der Waals surface area contributed by atoms with Crippen LogP contribution in [0.3, 0.4) is 0 Å². The molecule has 1 aromatic carbocycles. The number of ether oxygens (including phenoxy) is 3. The molecule has 0 unspecified atom stereocenters. The summed E-state index contributed by atoms with van der Waals surface area (Å²) in [7, 11) is 0. The zero-order valence-corrected chi connectivity index (χ0v) is 12.3. The number of benzene rings is 1. The fourth-order valence-electron chi connectivity index (χ4n) is 2.64. The Morgan fingerprint density at radius 2 is 2.00 bits per heavy atom. The summed E-state index contributed by atoms with van der Waals surface area (Å²) in [4.78, 5) is 10.2. The van der Waals surface area contributed by atoms with Gasteiger partial charge in [-0.3, -0.25) is 10.1 Å². The van der Waals surface area contributed by atoms with Gasteiger partial charge in [0.1, 0.15) is 0 Å². The van der Waals surface area contributed by atoms with E-state index in [1.807, 2.05) is 6.08 Å². The summed E-state index contributed by atoms with van der Waals surface area (Å²) in [6.45, 7) is 1.28. The van der Waals surface area contributed by atoms with Crippen LogP contribution in [-0.4, -0.2) is 30.7 Å². The van der Waals surface area contributed by atoms with E-state index in [1.54, 1.807) is 12.1 Å². The Kier molecular flexibility index (Phi) is 4.82. The van der Waals surface area contributed by atoms with Crippen LogP contribution >= 0.6 is 0 Å². The summed E-state index contributed by atoms with van der Waals surface area (Å²) in [6.07, 6.45) is 5.43. The van der Waals surface area contributed by atoms with Crippen molar-refractivity contribution in [2.24, 2.45) is 0 Å². The zero-order chi connectivity index (χ0) is 15.4. The number of hydrogen-bond donors (Lipinski definition) is 0. The maximum Gasteiger partial charge on any atom is 0.269 e. The summed E-state index contributed by atoms with van der Waals surface area (Å²) < 4.78 is 17.0. The largest absolute Gasteiger partial charge is 0.353 e. The average molecular weight is 305 g/mol. The monoisotopic (exact) mass is 305 g/mol. The van der Waals surface area contributed by atoms with Crippen LogP contribution < -0.4 is 0 Å². The molecule has 2 saturated heterocycles. The van der Waals surface area contributed by atoms with Crippen molar-refractivity contribution in [3.63, 3.8) is 0 Å². The standard InChI is InChI=1S/C16H19NO5/c18-17(19)14-6-4-12(5-7-14)9-13-10-16(21-11-13)22-15-3-1-2-8-20-15/h4-7,9,15-16H,1-3,8,10-11H2/b13-9-/t15-,16+/m1/s1. The van der Waals surface area contributed by atoms with E-state index in [9.17, 15) is 10.1 Å². The molecule has 2 aliphatic heterocycles. The van der Waals surface area contributed by atoms with Crippen molar-refractivity contribution in [3.8, 4) is 0 Å². The van der Waals surface area contributed by atoms with Crippen LogP contribution in [-0.2, 0) is 14.2 Å². The lowest BCUT2D eigenvalue weighted by molar-refractivity contribution is -0.384. The highest BCUT2D eigenvalue weighted by molar-refractivity contribution is 5.55. The second-order valence-corrected chi connectivity index (χ2v) is 5.53. The normalized spacial score (nSPS) is 27.2. The molecule has 0 bridgehead atoms. The predicted molar refractivity (Wildman–Crippen MR) is 80.1 cm³/mol. The first kappa shape index (κ1) is 15.1. The van der Waals surface area contributed by atoms with Gasteiger partial charge in [0.05, 0.1) is 11.5 Å². The van der Waals surface area contributed by atoms with Gasteiger partial charge in [0.2, 0.25) is 0 Å². The molecule has 2 heterocycles. The Labute approximate surface area is 128 Å². The Morgan fingerprint density at radius 1 is 1.18 bits per heavy atom. The maximum atomic E-state index is 10.6. The van der Waals surface area contributed by atoms with E-state index in [0.29, 0.717) is 13.0 Å². The highest BCUT2D eigenvalue weighted by atomic mass is 16.8. The van der Waals surface area contributed by atoms with Gasteiger partial charge in [-0.1, -0.05) is 6.08 Å². The molecule has 0 aromatic heterocycles. The lowest BCUT2D eigenvalue weighted by Gasteiger charge is -2.25. The van der Waals surface area contributed by atoms with Crippen LogP contribution in [0.2, 0.25) is 0 Å². The summed E-state index contributed by atoms with van der Waals surface area (Å²) >= 11 is 0. The fourth-order valence-corrected chi connectivity index (χ4v) is 2.64. The smallest absolute Gasteiger partial charge is 0.269 e. The molecule has 2 atom stereocenters. The van der Waals surface area contributed by atoms with Crippen molar-refractivity contribution in [2.45, 2.75) is 38.3 Å². The lowest BCUT2D eigenvalue weighted by atomic mass is 10.1. The molecule has 22 heavy (non-hydrogen) atoms. The SMILES string of the molecule is O=[N+]([O-])c1ccc(/C=C2\CO[C@@H](O[C@@H]3CCCCO3)C2)cc1. The molecule has 0 N–H and O–H groups in total. The van der Waals surface area contributed by atoms with E-state index >= 15 is 0 Å². The van der Waals surface area contributed by atoms with Crippen molar-refractivity contribution >= 4 is 11.8 Å². The van der Waals surface area contributed by atoms with E-state index in [-0.39, 0.29) is 18.3 Å². The molecule has 0 saturated carbocycles. The van der Waals surface area contributed by atoms with Gasteiger partial charge in [0, 0.05) is 25.2 Å². The van der Waals surface area contributed by atoms with Crippen molar-refractivity contribution in [3.05, 3.63) is 45.5 Å². The van der Waals surface area contributed by atoms with E-state index in [2.05, 4.69) is 0 Å². The van der Waals surface area contributed by atoms with Crippen molar-refractivity contribution in [1.82, 2.24) is 0 Å². The average Bonchev–Trinajstić information content (AvgIpc) is 2.96. The number of nitro groups is 1.